The van der Waals surface area contributed by atoms with Gasteiger partial charge in [-0.05, 0) is 59.1 Å². The number of alkyl carbamates (subject to hydrolysis) is 1. The smallest absolute Gasteiger partial charge is 0.407 e. The maximum Gasteiger partial charge on any atom is 0.407 e. The molecular formula is C16H32N2O2S. The molecule has 1 saturated carbocycles. The molecule has 0 aromatic heterocycles. The van der Waals surface area contributed by atoms with E-state index in [0.29, 0.717) is 12.1 Å². The van der Waals surface area contributed by atoms with Crippen LogP contribution in [0.15, 0.2) is 0 Å². The minimum atomic E-state index is -0.429. The molecule has 0 radical (unpaired) electrons. The highest BCUT2D eigenvalue weighted by Gasteiger charge is 2.26. The predicted octanol–water partition coefficient (Wildman–Crippen LogP) is 3.55. The normalized spacial score (nSPS) is 24.4. The molecule has 5 heteroatoms. The third-order valence-electron chi connectivity index (χ3n) is 3.73. The Morgan fingerprint density at radius 2 is 2.00 bits per heavy atom. The summed E-state index contributed by atoms with van der Waals surface area (Å²) in [4.78, 5) is 11.9. The van der Waals surface area contributed by atoms with Crippen molar-refractivity contribution in [2.75, 3.05) is 12.0 Å². The summed E-state index contributed by atoms with van der Waals surface area (Å²) in [7, 11) is 0. The van der Waals surface area contributed by atoms with E-state index < -0.39 is 5.60 Å². The minimum absolute atomic E-state index is 0.234. The highest BCUT2D eigenvalue weighted by Crippen LogP contribution is 2.20. The zero-order chi connectivity index (χ0) is 15.9. The lowest BCUT2D eigenvalue weighted by Gasteiger charge is -2.33. The monoisotopic (exact) mass is 316 g/mol. The largest absolute Gasteiger partial charge is 0.444 e. The zero-order valence-corrected chi connectivity index (χ0v) is 15.0. The summed E-state index contributed by atoms with van der Waals surface area (Å²) in [6.45, 7) is 7.91. The summed E-state index contributed by atoms with van der Waals surface area (Å²) in [5.41, 5.74) is -0.429. The lowest BCUT2D eigenvalue weighted by Crippen LogP contribution is -2.48. The highest BCUT2D eigenvalue weighted by molar-refractivity contribution is 7.98. The molecule has 3 atom stereocenters. The van der Waals surface area contributed by atoms with Gasteiger partial charge in [-0.15, -0.1) is 0 Å². The molecule has 1 fully saturated rings. The topological polar surface area (TPSA) is 50.4 Å². The maximum absolute atomic E-state index is 11.9. The molecule has 2 N–H and O–H groups in total. The van der Waals surface area contributed by atoms with Crippen LogP contribution in [0.4, 0.5) is 4.79 Å². The minimum Gasteiger partial charge on any atom is -0.444 e. The van der Waals surface area contributed by atoms with Gasteiger partial charge in [0, 0.05) is 23.9 Å². The number of rotatable bonds is 6. The van der Waals surface area contributed by atoms with Gasteiger partial charge >= 0.3 is 6.09 Å². The lowest BCUT2D eigenvalue weighted by atomic mass is 9.90. The summed E-state index contributed by atoms with van der Waals surface area (Å²) in [6, 6.07) is 1.32. The fourth-order valence-electron chi connectivity index (χ4n) is 2.76. The van der Waals surface area contributed by atoms with E-state index in [1.54, 1.807) is 0 Å². The van der Waals surface area contributed by atoms with Crippen LogP contribution in [0.3, 0.4) is 0 Å². The standard InChI is InChI=1S/C16H32N2O2S/c1-6-12(11-21-5)17-13-8-7-9-14(10-13)18-15(19)20-16(2,3)4/h12-14,17H,6-11H2,1-5H3,(H,18,19). The highest BCUT2D eigenvalue weighted by atomic mass is 32.2. The van der Waals surface area contributed by atoms with Gasteiger partial charge in [-0.3, -0.25) is 0 Å². The second-order valence-corrected chi connectivity index (χ2v) is 7.84. The SMILES string of the molecule is CCC(CSC)NC1CCCC(NC(=O)OC(C)(C)C)C1. The maximum atomic E-state index is 11.9. The molecule has 21 heavy (non-hydrogen) atoms. The van der Waals surface area contributed by atoms with E-state index in [2.05, 4.69) is 23.8 Å². The number of carbonyl (C=O) groups excluding carboxylic acids is 1. The van der Waals surface area contributed by atoms with Crippen molar-refractivity contribution < 1.29 is 9.53 Å². The molecule has 0 aromatic carbocycles. The molecule has 1 amide bonds. The number of hydrogen-bond acceptors (Lipinski definition) is 4. The molecule has 0 heterocycles. The van der Waals surface area contributed by atoms with Crippen LogP contribution >= 0.6 is 11.8 Å². The van der Waals surface area contributed by atoms with Crippen molar-refractivity contribution in [1.29, 1.82) is 0 Å². The first-order valence-corrected chi connectivity index (χ1v) is 9.48. The number of ether oxygens (including phenoxy) is 1. The van der Waals surface area contributed by atoms with Crippen LogP contribution in [0.2, 0.25) is 0 Å². The van der Waals surface area contributed by atoms with Crippen LogP contribution in [-0.2, 0) is 4.74 Å². The Bertz CT molecular complexity index is 318. The Hall–Kier alpha value is -0.420. The van der Waals surface area contributed by atoms with Gasteiger partial charge in [-0.1, -0.05) is 6.92 Å². The Balaban J connectivity index is 2.39. The summed E-state index contributed by atoms with van der Waals surface area (Å²) in [5, 5.41) is 6.77. The van der Waals surface area contributed by atoms with Crippen LogP contribution in [0.5, 0.6) is 0 Å². The fourth-order valence-corrected chi connectivity index (χ4v) is 3.50. The van der Waals surface area contributed by atoms with Gasteiger partial charge in [0.25, 0.3) is 0 Å². The molecule has 4 nitrogen and oxygen atoms in total. The number of thioether (sulfide) groups is 1. The fraction of sp³-hybridized carbons (Fsp3) is 0.938. The van der Waals surface area contributed by atoms with Gasteiger partial charge in [-0.25, -0.2) is 4.79 Å². The average molecular weight is 317 g/mol. The van der Waals surface area contributed by atoms with E-state index in [0.717, 1.165) is 31.4 Å². The van der Waals surface area contributed by atoms with Crippen molar-refractivity contribution in [3.8, 4) is 0 Å². The molecule has 0 aliphatic heterocycles. The molecule has 0 spiro atoms. The number of nitrogens with one attached hydrogen (secondary N) is 2. The first-order valence-electron chi connectivity index (χ1n) is 8.08. The predicted molar refractivity (Wildman–Crippen MR) is 91.0 cm³/mol. The molecule has 124 valence electrons. The molecule has 1 aliphatic rings. The lowest BCUT2D eigenvalue weighted by molar-refractivity contribution is 0.0488. The molecule has 1 aliphatic carbocycles. The van der Waals surface area contributed by atoms with Gasteiger partial charge in [-0.2, -0.15) is 11.8 Å². The van der Waals surface area contributed by atoms with Crippen molar-refractivity contribution in [2.45, 2.75) is 83.5 Å². The number of amides is 1. The Labute approximate surface area is 134 Å². The van der Waals surface area contributed by atoms with Crippen molar-refractivity contribution in [3.63, 3.8) is 0 Å². The second kappa shape index (κ2) is 8.89. The van der Waals surface area contributed by atoms with E-state index in [1.165, 1.54) is 6.42 Å². The van der Waals surface area contributed by atoms with E-state index in [-0.39, 0.29) is 12.1 Å². The van der Waals surface area contributed by atoms with Crippen molar-refractivity contribution >= 4 is 17.9 Å². The third-order valence-corrected chi connectivity index (χ3v) is 4.46. The van der Waals surface area contributed by atoms with Gasteiger partial charge in [0.2, 0.25) is 0 Å². The van der Waals surface area contributed by atoms with E-state index in [1.807, 2.05) is 32.5 Å². The van der Waals surface area contributed by atoms with E-state index >= 15 is 0 Å². The number of hydrogen-bond donors (Lipinski definition) is 2. The average Bonchev–Trinajstić information content (AvgIpc) is 2.36. The van der Waals surface area contributed by atoms with Gasteiger partial charge < -0.3 is 15.4 Å². The molecule has 3 unspecified atom stereocenters. The van der Waals surface area contributed by atoms with Crippen molar-refractivity contribution in [2.24, 2.45) is 0 Å². The summed E-state index contributed by atoms with van der Waals surface area (Å²) < 4.78 is 5.34. The Morgan fingerprint density at radius 3 is 2.57 bits per heavy atom. The molecular weight excluding hydrogens is 284 g/mol. The summed E-state index contributed by atoms with van der Waals surface area (Å²) >= 11 is 1.89. The Morgan fingerprint density at radius 1 is 1.33 bits per heavy atom. The van der Waals surface area contributed by atoms with Crippen LogP contribution in [0.25, 0.3) is 0 Å². The third kappa shape index (κ3) is 7.96. The van der Waals surface area contributed by atoms with Gasteiger partial charge in [0.1, 0.15) is 5.60 Å². The first kappa shape index (κ1) is 18.6. The van der Waals surface area contributed by atoms with Gasteiger partial charge in [0.05, 0.1) is 0 Å². The molecule has 0 aromatic rings. The second-order valence-electron chi connectivity index (χ2n) is 6.93. The van der Waals surface area contributed by atoms with Crippen LogP contribution in [-0.4, -0.2) is 41.8 Å². The van der Waals surface area contributed by atoms with Crippen molar-refractivity contribution in [1.82, 2.24) is 10.6 Å². The summed E-state index contributed by atoms with van der Waals surface area (Å²) in [5.74, 6) is 1.15. The quantitative estimate of drug-likeness (QED) is 0.787. The molecule has 1 rings (SSSR count). The van der Waals surface area contributed by atoms with E-state index in [4.69, 9.17) is 4.74 Å². The van der Waals surface area contributed by atoms with Crippen LogP contribution in [0.1, 0.15) is 59.8 Å². The molecule has 0 saturated heterocycles. The van der Waals surface area contributed by atoms with Crippen LogP contribution in [0, 0.1) is 0 Å². The Kier molecular flexibility index (Phi) is 7.88. The van der Waals surface area contributed by atoms with Gasteiger partial charge in [0.15, 0.2) is 0 Å². The zero-order valence-electron chi connectivity index (χ0n) is 14.2. The molecule has 0 bridgehead atoms. The van der Waals surface area contributed by atoms with E-state index in [9.17, 15) is 4.79 Å². The summed E-state index contributed by atoms with van der Waals surface area (Å²) in [6.07, 6.45) is 7.44. The number of carbonyl (C=O) groups is 1. The first-order chi connectivity index (χ1) is 9.84. The van der Waals surface area contributed by atoms with Crippen molar-refractivity contribution in [3.05, 3.63) is 0 Å². The van der Waals surface area contributed by atoms with Crippen LogP contribution < -0.4 is 10.6 Å².